The Hall–Kier alpha value is -2.39. The van der Waals surface area contributed by atoms with Gasteiger partial charge in [-0.1, -0.05) is 0 Å². The molecule has 1 aliphatic rings. The number of carbonyl (C=O) groups excluding carboxylic acids is 2. The number of nitriles is 1. The molecule has 1 aromatic carbocycles. The summed E-state index contributed by atoms with van der Waals surface area (Å²) in [5.41, 5.74) is 1.20. The number of amides is 1. The quantitative estimate of drug-likeness (QED) is 0.707. The van der Waals surface area contributed by atoms with Crippen molar-refractivity contribution in [3.63, 3.8) is 0 Å². The Morgan fingerprint density at radius 3 is 2.43 bits per heavy atom. The first kappa shape index (κ1) is 15.0. The lowest BCUT2D eigenvalue weighted by atomic mass is 9.97. The predicted octanol–water partition coefficient (Wildman–Crippen LogP) is -1.46. The van der Waals surface area contributed by atoms with Crippen LogP contribution in [0.3, 0.4) is 0 Å². The van der Waals surface area contributed by atoms with Gasteiger partial charge in [-0.15, -0.1) is 0 Å². The number of carboxylic acids is 1. The minimum Gasteiger partial charge on any atom is -0.550 e. The van der Waals surface area contributed by atoms with Crippen molar-refractivity contribution in [2.75, 3.05) is 25.0 Å². The average Bonchev–Trinajstić information content (AvgIpc) is 2.48. The summed E-state index contributed by atoms with van der Waals surface area (Å²) in [5, 5.41) is 22.2. The summed E-state index contributed by atoms with van der Waals surface area (Å²) < 4.78 is 0. The van der Waals surface area contributed by atoms with Gasteiger partial charge in [0.2, 0.25) is 0 Å². The van der Waals surface area contributed by atoms with Crippen molar-refractivity contribution in [3.8, 4) is 6.07 Å². The van der Waals surface area contributed by atoms with E-state index in [9.17, 15) is 14.7 Å². The van der Waals surface area contributed by atoms with Crippen molar-refractivity contribution < 1.29 is 19.6 Å². The van der Waals surface area contributed by atoms with Crippen LogP contribution in [-0.2, 0) is 9.59 Å². The highest BCUT2D eigenvalue weighted by Crippen LogP contribution is 2.09. The zero-order valence-electron chi connectivity index (χ0n) is 11.6. The first-order valence-corrected chi connectivity index (χ1v) is 6.93. The van der Waals surface area contributed by atoms with Gasteiger partial charge in [0.15, 0.2) is 6.54 Å². The lowest BCUT2D eigenvalue weighted by Gasteiger charge is -2.29. The monoisotopic (exact) mass is 287 g/mol. The lowest BCUT2D eigenvalue weighted by Crippen LogP contribution is -3.14. The summed E-state index contributed by atoms with van der Waals surface area (Å²) in [6.45, 7) is 1.65. The van der Waals surface area contributed by atoms with Crippen molar-refractivity contribution in [2.24, 2.45) is 5.92 Å². The van der Waals surface area contributed by atoms with Gasteiger partial charge in [-0.3, -0.25) is 4.79 Å². The number of nitrogens with one attached hydrogen (secondary N) is 2. The fourth-order valence-corrected chi connectivity index (χ4v) is 2.50. The van der Waals surface area contributed by atoms with Crippen molar-refractivity contribution in [3.05, 3.63) is 29.8 Å². The highest BCUT2D eigenvalue weighted by molar-refractivity contribution is 5.91. The molecule has 0 aromatic heterocycles. The second kappa shape index (κ2) is 6.86. The van der Waals surface area contributed by atoms with E-state index in [0.29, 0.717) is 43.7 Å². The number of carboxylic acid groups (broad SMARTS) is 1. The van der Waals surface area contributed by atoms with Crippen LogP contribution in [0.5, 0.6) is 0 Å². The molecule has 6 nitrogen and oxygen atoms in total. The van der Waals surface area contributed by atoms with Crippen LogP contribution in [0.1, 0.15) is 18.4 Å². The molecule has 0 saturated carbocycles. The third-order valence-corrected chi connectivity index (χ3v) is 3.73. The van der Waals surface area contributed by atoms with Gasteiger partial charge in [-0.05, 0) is 24.3 Å². The Morgan fingerprint density at radius 2 is 1.90 bits per heavy atom. The number of aliphatic carboxylic acids is 1. The van der Waals surface area contributed by atoms with Crippen LogP contribution < -0.4 is 15.3 Å². The number of piperidine rings is 1. The highest BCUT2D eigenvalue weighted by Gasteiger charge is 2.24. The fourth-order valence-electron chi connectivity index (χ4n) is 2.50. The molecule has 0 bridgehead atoms. The highest BCUT2D eigenvalue weighted by atomic mass is 16.4. The molecule has 1 aromatic rings. The van der Waals surface area contributed by atoms with Crippen molar-refractivity contribution in [1.29, 1.82) is 5.26 Å². The first-order chi connectivity index (χ1) is 10.1. The maximum absolute atomic E-state index is 11.9. The van der Waals surface area contributed by atoms with E-state index in [2.05, 4.69) is 5.32 Å². The van der Waals surface area contributed by atoms with E-state index in [4.69, 9.17) is 5.26 Å². The van der Waals surface area contributed by atoms with Gasteiger partial charge in [0, 0.05) is 30.4 Å². The standard InChI is InChI=1S/C15H17N3O3/c16-9-11-1-3-13(4-2-11)17-14(19)10-18-7-5-12(6-8-18)15(20)21/h1-4,12H,5-8,10H2,(H,17,19)(H,20,21). The second-order valence-corrected chi connectivity index (χ2v) is 5.26. The molecular weight excluding hydrogens is 270 g/mol. The molecule has 2 N–H and O–H groups in total. The smallest absolute Gasteiger partial charge is 0.279 e. The summed E-state index contributed by atoms with van der Waals surface area (Å²) in [6.07, 6.45) is 1.11. The first-order valence-electron chi connectivity index (χ1n) is 6.93. The van der Waals surface area contributed by atoms with Gasteiger partial charge in [0.1, 0.15) is 0 Å². The number of rotatable bonds is 4. The van der Waals surface area contributed by atoms with Crippen LogP contribution in [0.2, 0.25) is 0 Å². The van der Waals surface area contributed by atoms with E-state index < -0.39 is 5.97 Å². The molecular formula is C15H17N3O3. The number of nitrogens with zero attached hydrogens (tertiary/aromatic N) is 1. The largest absolute Gasteiger partial charge is 0.550 e. The van der Waals surface area contributed by atoms with Crippen LogP contribution in [-0.4, -0.2) is 31.5 Å². The molecule has 1 saturated heterocycles. The minimum atomic E-state index is -0.990. The van der Waals surface area contributed by atoms with Crippen LogP contribution in [0.25, 0.3) is 0 Å². The van der Waals surface area contributed by atoms with Gasteiger partial charge >= 0.3 is 0 Å². The molecule has 1 amide bonds. The van der Waals surface area contributed by atoms with Gasteiger partial charge in [0.25, 0.3) is 5.91 Å². The molecule has 0 unspecified atom stereocenters. The number of anilines is 1. The van der Waals surface area contributed by atoms with Crippen LogP contribution in [0.15, 0.2) is 24.3 Å². The molecule has 2 rings (SSSR count). The third kappa shape index (κ3) is 4.29. The van der Waals surface area contributed by atoms with Crippen molar-refractivity contribution >= 4 is 17.6 Å². The van der Waals surface area contributed by atoms with Gasteiger partial charge < -0.3 is 20.1 Å². The van der Waals surface area contributed by atoms with E-state index in [-0.39, 0.29) is 11.8 Å². The van der Waals surface area contributed by atoms with Gasteiger partial charge in [-0.2, -0.15) is 5.26 Å². The summed E-state index contributed by atoms with van der Waals surface area (Å²) >= 11 is 0. The van der Waals surface area contributed by atoms with E-state index in [0.717, 1.165) is 4.90 Å². The molecule has 21 heavy (non-hydrogen) atoms. The number of hydrogen-bond acceptors (Lipinski definition) is 4. The van der Waals surface area contributed by atoms with Crippen LogP contribution in [0, 0.1) is 17.2 Å². The number of hydrogen-bond donors (Lipinski definition) is 2. The van der Waals surface area contributed by atoms with Crippen molar-refractivity contribution in [1.82, 2.24) is 0 Å². The van der Waals surface area contributed by atoms with Crippen LogP contribution in [0.4, 0.5) is 5.69 Å². The average molecular weight is 287 g/mol. The summed E-state index contributed by atoms with van der Waals surface area (Å²) in [5.74, 6) is -1.48. The molecule has 1 fully saturated rings. The number of quaternary nitrogens is 1. The molecule has 1 heterocycles. The van der Waals surface area contributed by atoms with Gasteiger partial charge in [0.05, 0.1) is 24.7 Å². The molecule has 0 aliphatic carbocycles. The lowest BCUT2D eigenvalue weighted by molar-refractivity contribution is -0.897. The van der Waals surface area contributed by atoms with E-state index in [1.54, 1.807) is 24.3 Å². The van der Waals surface area contributed by atoms with Crippen LogP contribution >= 0.6 is 0 Å². The maximum atomic E-state index is 11.9. The summed E-state index contributed by atoms with van der Waals surface area (Å²) in [7, 11) is 0. The number of benzene rings is 1. The minimum absolute atomic E-state index is 0.110. The summed E-state index contributed by atoms with van der Waals surface area (Å²) in [6, 6.07) is 8.69. The van der Waals surface area contributed by atoms with Gasteiger partial charge in [-0.25, -0.2) is 0 Å². The Kier molecular flexibility index (Phi) is 4.90. The topological polar surface area (TPSA) is 97.5 Å². The predicted molar refractivity (Wildman–Crippen MR) is 73.1 cm³/mol. The second-order valence-electron chi connectivity index (χ2n) is 5.26. The van der Waals surface area contributed by atoms with Crippen molar-refractivity contribution in [2.45, 2.75) is 12.8 Å². The Morgan fingerprint density at radius 1 is 1.29 bits per heavy atom. The maximum Gasteiger partial charge on any atom is 0.279 e. The molecule has 0 atom stereocenters. The van der Waals surface area contributed by atoms with E-state index in [1.165, 1.54) is 0 Å². The molecule has 1 aliphatic heterocycles. The SMILES string of the molecule is N#Cc1ccc(NC(=O)C[NH+]2CCC(C(=O)[O-])CC2)cc1. The number of carbonyl (C=O) groups is 2. The molecule has 110 valence electrons. The summed E-state index contributed by atoms with van der Waals surface area (Å²) in [4.78, 5) is 23.8. The normalized spacial score (nSPS) is 21.3. The Bertz CT molecular complexity index is 555. The zero-order valence-corrected chi connectivity index (χ0v) is 11.6. The zero-order chi connectivity index (χ0) is 15.2. The van der Waals surface area contributed by atoms with E-state index in [1.807, 2.05) is 6.07 Å². The Balaban J connectivity index is 1.80. The fraction of sp³-hybridized carbons (Fsp3) is 0.400. The molecule has 6 heteroatoms. The molecule has 0 radical (unpaired) electrons. The third-order valence-electron chi connectivity index (χ3n) is 3.73. The van der Waals surface area contributed by atoms with E-state index >= 15 is 0 Å². The Labute approximate surface area is 123 Å². The number of likely N-dealkylation sites (tertiary alicyclic amines) is 1. The molecule has 0 spiro atoms.